The molecular weight excluding hydrogens is 378 g/mol. The van der Waals surface area contributed by atoms with Crippen molar-refractivity contribution in [1.82, 2.24) is 0 Å². The van der Waals surface area contributed by atoms with Gasteiger partial charge in [0, 0.05) is 22.9 Å². The van der Waals surface area contributed by atoms with Crippen molar-refractivity contribution in [1.29, 1.82) is 0 Å². The van der Waals surface area contributed by atoms with Crippen molar-refractivity contribution < 1.29 is 8.85 Å². The zero-order valence-corrected chi connectivity index (χ0v) is 20.5. The third kappa shape index (κ3) is 3.13. The summed E-state index contributed by atoms with van der Waals surface area (Å²) < 4.78 is 13.2. The quantitative estimate of drug-likeness (QED) is 0.616. The number of hydrogen-bond acceptors (Lipinski definition) is 3. The summed E-state index contributed by atoms with van der Waals surface area (Å²) in [5.74, 6) is 1.07. The summed E-state index contributed by atoms with van der Waals surface area (Å²) in [6, 6.07) is 8.82. The lowest BCUT2D eigenvalue weighted by Gasteiger charge is -2.29. The molecule has 28 heavy (non-hydrogen) atoms. The van der Waals surface area contributed by atoms with Crippen LogP contribution in [0.5, 0.6) is 5.75 Å². The third-order valence-electron chi connectivity index (χ3n) is 5.44. The van der Waals surface area contributed by atoms with Crippen LogP contribution in [0.15, 0.2) is 24.3 Å². The Balaban J connectivity index is 2.02. The van der Waals surface area contributed by atoms with Crippen molar-refractivity contribution in [3.63, 3.8) is 0 Å². The Kier molecular flexibility index (Phi) is 4.38. The minimum absolute atomic E-state index is 0.0399. The molecule has 0 spiro atoms. The topological polar surface area (TPSA) is 30.5 Å². The second-order valence-electron chi connectivity index (χ2n) is 10.2. The predicted octanol–water partition coefficient (Wildman–Crippen LogP) is 4.72. The predicted molar refractivity (Wildman–Crippen MR) is 125 cm³/mol. The molecule has 5 heteroatoms. The fourth-order valence-electron chi connectivity index (χ4n) is 4.57. The molecule has 0 fully saturated rings. The van der Waals surface area contributed by atoms with E-state index >= 15 is 0 Å². The molecule has 0 aromatic heterocycles. The van der Waals surface area contributed by atoms with E-state index in [4.69, 9.17) is 8.85 Å². The average molecular weight is 412 g/mol. The Hall–Kier alpha value is -1.57. The first-order chi connectivity index (χ1) is 13.0. The summed E-state index contributed by atoms with van der Waals surface area (Å²) in [5, 5.41) is 6.76. The molecule has 1 aliphatic heterocycles. The number of hydrogen-bond donors (Lipinski definition) is 1. The van der Waals surface area contributed by atoms with Crippen molar-refractivity contribution in [2.24, 2.45) is 0 Å². The number of rotatable bonds is 5. The molecule has 2 aliphatic rings. The normalized spacial score (nSPS) is 19.7. The van der Waals surface area contributed by atoms with Gasteiger partial charge in [-0.15, -0.1) is 0 Å². The molecule has 2 aromatic carbocycles. The second-order valence-corrected chi connectivity index (χ2v) is 18.0. The number of benzene rings is 2. The maximum Gasteiger partial charge on any atom is 0.255 e. The molecule has 0 bridgehead atoms. The van der Waals surface area contributed by atoms with Gasteiger partial charge in [-0.05, 0) is 82.2 Å². The zero-order valence-electron chi connectivity index (χ0n) is 18.5. The van der Waals surface area contributed by atoms with Crippen LogP contribution in [-0.4, -0.2) is 28.8 Å². The Labute approximate surface area is 171 Å². The summed E-state index contributed by atoms with van der Waals surface area (Å²) in [6.45, 7) is 18.7. The molecule has 1 heterocycles. The molecule has 1 unspecified atom stereocenters. The van der Waals surface area contributed by atoms with Gasteiger partial charge in [-0.2, -0.15) is 0 Å². The highest BCUT2D eigenvalue weighted by Crippen LogP contribution is 2.50. The monoisotopic (exact) mass is 411 g/mol. The maximum absolute atomic E-state index is 6.81. The van der Waals surface area contributed by atoms with E-state index in [2.05, 4.69) is 83.5 Å². The van der Waals surface area contributed by atoms with Crippen LogP contribution < -0.4 is 20.1 Å². The first-order valence-electron chi connectivity index (χ1n) is 10.4. The van der Waals surface area contributed by atoms with Crippen molar-refractivity contribution >= 4 is 32.7 Å². The minimum atomic E-state index is -2.02. The van der Waals surface area contributed by atoms with Crippen LogP contribution in [0.4, 0.5) is 5.69 Å². The summed E-state index contributed by atoms with van der Waals surface area (Å²) in [5.41, 5.74) is 6.69. The highest BCUT2D eigenvalue weighted by Gasteiger charge is 2.58. The van der Waals surface area contributed by atoms with Gasteiger partial charge in [0.1, 0.15) is 5.75 Å². The number of anilines is 1. The van der Waals surface area contributed by atoms with Crippen molar-refractivity contribution in [3.05, 3.63) is 35.4 Å². The Morgan fingerprint density at radius 2 is 1.79 bits per heavy atom. The molecule has 4 rings (SSSR count). The fourth-order valence-corrected chi connectivity index (χ4v) is 9.21. The third-order valence-corrected chi connectivity index (χ3v) is 9.84. The Morgan fingerprint density at radius 1 is 1.11 bits per heavy atom. The van der Waals surface area contributed by atoms with Gasteiger partial charge in [-0.25, -0.2) is 0 Å². The van der Waals surface area contributed by atoms with Crippen LogP contribution in [0.25, 0.3) is 11.1 Å². The van der Waals surface area contributed by atoms with Crippen LogP contribution in [0, 0.1) is 0 Å². The lowest BCUT2D eigenvalue weighted by atomic mass is 10.0. The largest absolute Gasteiger partial charge is 0.543 e. The highest BCUT2D eigenvalue weighted by atomic mass is 28.4. The maximum atomic E-state index is 6.81. The van der Waals surface area contributed by atoms with Gasteiger partial charge in [0.25, 0.3) is 8.32 Å². The highest BCUT2D eigenvalue weighted by molar-refractivity contribution is 7.14. The molecule has 1 N–H and O–H groups in total. The second kappa shape index (κ2) is 6.21. The van der Waals surface area contributed by atoms with E-state index in [-0.39, 0.29) is 5.54 Å². The molecule has 0 saturated heterocycles. The van der Waals surface area contributed by atoms with Gasteiger partial charge in [0.2, 0.25) is 8.32 Å². The molecule has 0 radical (unpaired) electrons. The van der Waals surface area contributed by atoms with Crippen molar-refractivity contribution in [3.8, 4) is 16.9 Å². The molecule has 0 amide bonds. The lowest BCUT2D eigenvalue weighted by Crippen LogP contribution is -2.35. The Morgan fingerprint density at radius 3 is 2.39 bits per heavy atom. The molecule has 2 aromatic rings. The van der Waals surface area contributed by atoms with Crippen molar-refractivity contribution in [2.45, 2.75) is 65.8 Å². The van der Waals surface area contributed by atoms with Gasteiger partial charge in [-0.1, -0.05) is 24.3 Å². The van der Waals surface area contributed by atoms with E-state index in [1.54, 1.807) is 0 Å². The van der Waals surface area contributed by atoms with Crippen LogP contribution in [0.1, 0.15) is 38.8 Å². The lowest BCUT2D eigenvalue weighted by molar-refractivity contribution is 0.349. The van der Waals surface area contributed by atoms with Gasteiger partial charge in [0.15, 0.2) is 0 Å². The van der Waals surface area contributed by atoms with Crippen LogP contribution >= 0.6 is 0 Å². The van der Waals surface area contributed by atoms with E-state index in [1.165, 1.54) is 38.3 Å². The summed E-state index contributed by atoms with van der Waals surface area (Å²) in [6.07, 6.45) is 1.00. The van der Waals surface area contributed by atoms with E-state index in [1.807, 2.05) is 0 Å². The minimum Gasteiger partial charge on any atom is -0.543 e. The summed E-state index contributed by atoms with van der Waals surface area (Å²) in [4.78, 5) is 0. The number of fused-ring (bicyclic) bond motifs is 5. The fraction of sp³-hybridized carbons (Fsp3) is 0.478. The Bertz CT molecular complexity index is 957. The zero-order chi connectivity index (χ0) is 20.5. The van der Waals surface area contributed by atoms with E-state index in [9.17, 15) is 0 Å². The standard InChI is InChI=1S/C23H33NO2Si2/c1-9-25-28(8)21-17-14-15-12-10-11-13-16(15)18(17)20(26-27(5,6)7)19(22(21)28)24-23(2,3)4/h10-13,24H,9,14H2,1-8H3. The van der Waals surface area contributed by atoms with Gasteiger partial charge in [0.05, 0.1) is 5.69 Å². The number of nitrogens with one attached hydrogen (secondary N) is 1. The van der Waals surface area contributed by atoms with Crippen molar-refractivity contribution in [2.75, 3.05) is 11.9 Å². The van der Waals surface area contributed by atoms with E-state index in [0.29, 0.717) is 0 Å². The smallest absolute Gasteiger partial charge is 0.255 e. The van der Waals surface area contributed by atoms with Gasteiger partial charge < -0.3 is 14.2 Å². The van der Waals surface area contributed by atoms with Crippen LogP contribution in [-0.2, 0) is 10.8 Å². The first kappa shape index (κ1) is 19.7. The molecule has 1 aliphatic carbocycles. The molecule has 1 atom stereocenters. The van der Waals surface area contributed by atoms with Gasteiger partial charge in [-0.3, -0.25) is 0 Å². The van der Waals surface area contributed by atoms with E-state index < -0.39 is 16.6 Å². The molecule has 3 nitrogen and oxygen atoms in total. The summed E-state index contributed by atoms with van der Waals surface area (Å²) >= 11 is 0. The van der Waals surface area contributed by atoms with Gasteiger partial charge >= 0.3 is 0 Å². The molecule has 150 valence electrons. The van der Waals surface area contributed by atoms with Crippen LogP contribution in [0.2, 0.25) is 26.2 Å². The van der Waals surface area contributed by atoms with Crippen LogP contribution in [0.3, 0.4) is 0 Å². The molecular formula is C23H33NO2Si2. The SMILES string of the molecule is CCO[Si]1(C)c2c3c(c(O[Si](C)(C)C)c(NC(C)(C)C)c21)-c1ccccc1C3. The van der Waals surface area contributed by atoms with E-state index in [0.717, 1.165) is 18.8 Å². The first-order valence-corrected chi connectivity index (χ1v) is 16.2. The average Bonchev–Trinajstić information content (AvgIpc) is 2.97. The summed E-state index contributed by atoms with van der Waals surface area (Å²) in [7, 11) is -3.82. The molecule has 0 saturated carbocycles.